The van der Waals surface area contributed by atoms with Crippen LogP contribution >= 0.6 is 0 Å². The number of anilines is 1. The van der Waals surface area contributed by atoms with E-state index in [-0.39, 0.29) is 11.9 Å². The summed E-state index contributed by atoms with van der Waals surface area (Å²) in [7, 11) is 0. The summed E-state index contributed by atoms with van der Waals surface area (Å²) in [5, 5.41) is 0. The molecule has 0 spiro atoms. The van der Waals surface area contributed by atoms with Gasteiger partial charge >= 0.3 is 0 Å². The summed E-state index contributed by atoms with van der Waals surface area (Å²) in [5.74, 6) is 1.14. The fraction of sp³-hybridized carbons (Fsp3) is 0.722. The highest BCUT2D eigenvalue weighted by molar-refractivity contribution is 5.83. The zero-order valence-electron chi connectivity index (χ0n) is 14.5. The Morgan fingerprint density at radius 3 is 2.58 bits per heavy atom. The molecule has 0 aliphatic carbocycles. The summed E-state index contributed by atoms with van der Waals surface area (Å²) in [6.07, 6.45) is 9.94. The average molecular weight is 329 g/mol. The molecule has 1 amide bonds. The minimum Gasteiger partial charge on any atom is -0.341 e. The third kappa shape index (κ3) is 2.99. The number of carbonyl (C=O) groups is 1. The first-order valence-electron chi connectivity index (χ1n) is 9.33. The molecule has 6 heteroatoms. The summed E-state index contributed by atoms with van der Waals surface area (Å²) in [4.78, 5) is 28.3. The normalized spacial score (nSPS) is 28.3. The number of nitrogens with zero attached hydrogens (tertiary/aromatic N) is 5. The van der Waals surface area contributed by atoms with Crippen molar-refractivity contribution in [2.45, 2.75) is 57.7 Å². The minimum atomic E-state index is -0.0406. The van der Waals surface area contributed by atoms with Gasteiger partial charge in [0.2, 0.25) is 11.9 Å². The summed E-state index contributed by atoms with van der Waals surface area (Å²) in [5.41, 5.74) is 1.10. The van der Waals surface area contributed by atoms with Crippen LogP contribution < -0.4 is 4.90 Å². The van der Waals surface area contributed by atoms with Crippen molar-refractivity contribution >= 4 is 11.9 Å². The summed E-state index contributed by atoms with van der Waals surface area (Å²) in [6, 6.07) is 0.364. The lowest BCUT2D eigenvalue weighted by Crippen LogP contribution is -2.58. The Labute approximate surface area is 143 Å². The quantitative estimate of drug-likeness (QED) is 0.844. The number of piperidine rings is 1. The molecule has 0 radical (unpaired) electrons. The van der Waals surface area contributed by atoms with Crippen molar-refractivity contribution < 1.29 is 4.79 Å². The first kappa shape index (κ1) is 15.8. The summed E-state index contributed by atoms with van der Waals surface area (Å²) >= 11 is 0. The fourth-order valence-corrected chi connectivity index (χ4v) is 4.26. The van der Waals surface area contributed by atoms with Crippen molar-refractivity contribution in [3.63, 3.8) is 0 Å². The first-order valence-corrected chi connectivity index (χ1v) is 9.33. The number of rotatable bonds is 3. The molecule has 0 aromatic carbocycles. The second-order valence-electron chi connectivity index (χ2n) is 7.37. The highest BCUT2D eigenvalue weighted by Gasteiger charge is 2.40. The van der Waals surface area contributed by atoms with Crippen molar-refractivity contribution in [2.24, 2.45) is 0 Å². The van der Waals surface area contributed by atoms with Crippen LogP contribution in [0, 0.1) is 0 Å². The van der Waals surface area contributed by atoms with Gasteiger partial charge in [0, 0.05) is 56.7 Å². The van der Waals surface area contributed by atoms with E-state index in [9.17, 15) is 4.79 Å². The van der Waals surface area contributed by atoms with E-state index < -0.39 is 0 Å². The maximum atomic E-state index is 12.5. The van der Waals surface area contributed by atoms with Crippen LogP contribution in [0.3, 0.4) is 0 Å². The average Bonchev–Trinajstić information content (AvgIpc) is 3.09. The Bertz CT molecular complexity index is 584. The number of amides is 1. The lowest BCUT2D eigenvalue weighted by Gasteiger charge is -2.41. The third-order valence-electron chi connectivity index (χ3n) is 5.73. The molecule has 1 aromatic rings. The predicted octanol–water partition coefficient (Wildman–Crippen LogP) is 1.66. The van der Waals surface area contributed by atoms with E-state index in [1.54, 1.807) is 0 Å². The Morgan fingerprint density at radius 2 is 1.83 bits per heavy atom. The van der Waals surface area contributed by atoms with Crippen LogP contribution in [-0.2, 0) is 11.3 Å². The van der Waals surface area contributed by atoms with Crippen molar-refractivity contribution in [1.82, 2.24) is 19.8 Å². The van der Waals surface area contributed by atoms with Gasteiger partial charge in [-0.15, -0.1) is 0 Å². The molecule has 4 rings (SSSR count). The van der Waals surface area contributed by atoms with Crippen LogP contribution in [0.25, 0.3) is 0 Å². The number of hydrogen-bond donors (Lipinski definition) is 0. The minimum absolute atomic E-state index is 0.0406. The molecule has 4 heterocycles. The van der Waals surface area contributed by atoms with E-state index in [2.05, 4.69) is 24.7 Å². The molecule has 1 aromatic heterocycles. The summed E-state index contributed by atoms with van der Waals surface area (Å²) in [6.45, 7) is 6.83. The molecule has 3 fully saturated rings. The van der Waals surface area contributed by atoms with Gasteiger partial charge in [0.05, 0.1) is 6.04 Å². The number of hydrogen-bond acceptors (Lipinski definition) is 5. The van der Waals surface area contributed by atoms with Crippen LogP contribution in [0.15, 0.2) is 12.4 Å². The van der Waals surface area contributed by atoms with Crippen molar-refractivity contribution in [1.29, 1.82) is 0 Å². The standard InChI is InChI=1S/C18H27N5O/c1-14-17(24)23-9-5-6-16(23)13-22(14)12-15-10-19-18(20-11-15)21-7-3-2-4-8-21/h10-11,14,16H,2-9,12-13H2,1H3/t14-,16-/m0/s1. The van der Waals surface area contributed by atoms with Crippen molar-refractivity contribution in [3.8, 4) is 0 Å². The van der Waals surface area contributed by atoms with Gasteiger partial charge in [-0.05, 0) is 39.0 Å². The van der Waals surface area contributed by atoms with Gasteiger partial charge in [-0.2, -0.15) is 0 Å². The number of piperazine rings is 1. The SMILES string of the molecule is C[C@H]1C(=O)N2CCC[C@H]2CN1Cc1cnc(N2CCCCC2)nc1. The molecule has 2 atom stereocenters. The van der Waals surface area contributed by atoms with E-state index in [0.717, 1.165) is 57.1 Å². The Kier molecular flexibility index (Phi) is 4.39. The first-order chi connectivity index (χ1) is 11.7. The molecule has 0 saturated carbocycles. The van der Waals surface area contributed by atoms with Crippen LogP contribution in [0.4, 0.5) is 5.95 Å². The van der Waals surface area contributed by atoms with Crippen LogP contribution in [0.2, 0.25) is 0 Å². The molecule has 3 aliphatic heterocycles. The van der Waals surface area contributed by atoms with Gasteiger partial charge in [0.15, 0.2) is 0 Å². The van der Waals surface area contributed by atoms with Crippen LogP contribution in [0.1, 0.15) is 44.6 Å². The van der Waals surface area contributed by atoms with Crippen molar-refractivity contribution in [3.05, 3.63) is 18.0 Å². The maximum absolute atomic E-state index is 12.5. The van der Waals surface area contributed by atoms with Gasteiger partial charge in [-0.1, -0.05) is 0 Å². The predicted molar refractivity (Wildman–Crippen MR) is 92.7 cm³/mol. The summed E-state index contributed by atoms with van der Waals surface area (Å²) < 4.78 is 0. The molecule has 0 bridgehead atoms. The van der Waals surface area contributed by atoms with Crippen molar-refractivity contribution in [2.75, 3.05) is 31.1 Å². The molecule has 24 heavy (non-hydrogen) atoms. The number of carbonyl (C=O) groups excluding carboxylic acids is 1. The Balaban J connectivity index is 1.42. The second kappa shape index (κ2) is 6.67. The number of aromatic nitrogens is 2. The molecule has 3 aliphatic rings. The van der Waals surface area contributed by atoms with E-state index in [4.69, 9.17) is 0 Å². The molecular weight excluding hydrogens is 302 g/mol. The topological polar surface area (TPSA) is 52.6 Å². The van der Waals surface area contributed by atoms with Gasteiger partial charge < -0.3 is 9.80 Å². The molecule has 0 N–H and O–H groups in total. The fourth-order valence-electron chi connectivity index (χ4n) is 4.26. The molecule has 130 valence electrons. The second-order valence-corrected chi connectivity index (χ2v) is 7.37. The zero-order valence-corrected chi connectivity index (χ0v) is 14.5. The highest BCUT2D eigenvalue weighted by Crippen LogP contribution is 2.26. The molecular formula is C18H27N5O. The Hall–Kier alpha value is -1.69. The third-order valence-corrected chi connectivity index (χ3v) is 5.73. The van der Waals surface area contributed by atoms with E-state index >= 15 is 0 Å². The largest absolute Gasteiger partial charge is 0.341 e. The van der Waals surface area contributed by atoms with E-state index in [1.165, 1.54) is 19.3 Å². The monoisotopic (exact) mass is 329 g/mol. The molecule has 0 unspecified atom stereocenters. The van der Waals surface area contributed by atoms with E-state index in [0.29, 0.717) is 6.04 Å². The zero-order chi connectivity index (χ0) is 16.5. The Morgan fingerprint density at radius 1 is 1.08 bits per heavy atom. The van der Waals surface area contributed by atoms with Gasteiger partial charge in [0.1, 0.15) is 0 Å². The van der Waals surface area contributed by atoms with Gasteiger partial charge in [-0.25, -0.2) is 9.97 Å². The molecule has 6 nitrogen and oxygen atoms in total. The van der Waals surface area contributed by atoms with Crippen LogP contribution in [-0.4, -0.2) is 63.9 Å². The lowest BCUT2D eigenvalue weighted by atomic mass is 10.1. The lowest BCUT2D eigenvalue weighted by molar-refractivity contribution is -0.143. The smallest absolute Gasteiger partial charge is 0.239 e. The molecule has 3 saturated heterocycles. The highest BCUT2D eigenvalue weighted by atomic mass is 16.2. The van der Waals surface area contributed by atoms with Gasteiger partial charge in [-0.3, -0.25) is 9.69 Å². The number of fused-ring (bicyclic) bond motifs is 1. The van der Waals surface area contributed by atoms with Gasteiger partial charge in [0.25, 0.3) is 0 Å². The maximum Gasteiger partial charge on any atom is 0.239 e. The van der Waals surface area contributed by atoms with Crippen LogP contribution in [0.5, 0.6) is 0 Å². The van der Waals surface area contributed by atoms with E-state index in [1.807, 2.05) is 19.3 Å².